The molecule has 0 aliphatic heterocycles. The molecule has 0 spiro atoms. The van der Waals surface area contributed by atoms with Crippen LogP contribution in [0.3, 0.4) is 0 Å². The van der Waals surface area contributed by atoms with E-state index in [1.54, 1.807) is 34.6 Å². The summed E-state index contributed by atoms with van der Waals surface area (Å²) >= 11 is 0. The summed E-state index contributed by atoms with van der Waals surface area (Å²) in [6.07, 6.45) is 0.443. The summed E-state index contributed by atoms with van der Waals surface area (Å²) in [7, 11) is -3.45. The van der Waals surface area contributed by atoms with Gasteiger partial charge in [0.05, 0.1) is 10.8 Å². The molecule has 0 aromatic heterocycles. The van der Waals surface area contributed by atoms with E-state index in [1.807, 2.05) is 6.07 Å². The standard InChI is InChI=1S/C9H18N2O2S/c1-6-9(5,7-10)11-14(12,13)8(2,3)4/h11H,6H2,1-5H3. The van der Waals surface area contributed by atoms with Crippen molar-refractivity contribution in [2.75, 3.05) is 0 Å². The third kappa shape index (κ3) is 2.96. The summed E-state index contributed by atoms with van der Waals surface area (Å²) < 4.78 is 25.0. The van der Waals surface area contributed by atoms with Gasteiger partial charge in [0.15, 0.2) is 0 Å². The molecule has 82 valence electrons. The molecular formula is C9H18N2O2S. The van der Waals surface area contributed by atoms with Crippen molar-refractivity contribution in [3.05, 3.63) is 0 Å². The lowest BCUT2D eigenvalue weighted by Gasteiger charge is -2.27. The van der Waals surface area contributed by atoms with Crippen LogP contribution in [-0.2, 0) is 10.0 Å². The molecular weight excluding hydrogens is 200 g/mol. The molecule has 0 saturated heterocycles. The Morgan fingerprint density at radius 1 is 1.29 bits per heavy atom. The molecule has 4 nitrogen and oxygen atoms in total. The maximum absolute atomic E-state index is 11.7. The van der Waals surface area contributed by atoms with Crippen molar-refractivity contribution in [2.24, 2.45) is 0 Å². The highest BCUT2D eigenvalue weighted by Crippen LogP contribution is 2.18. The second-order valence-corrected chi connectivity index (χ2v) is 6.95. The minimum absolute atomic E-state index is 0.443. The molecule has 0 aromatic rings. The van der Waals surface area contributed by atoms with Crippen LogP contribution in [-0.4, -0.2) is 18.7 Å². The molecule has 14 heavy (non-hydrogen) atoms. The topological polar surface area (TPSA) is 70.0 Å². The van der Waals surface area contributed by atoms with Gasteiger partial charge in [-0.3, -0.25) is 0 Å². The van der Waals surface area contributed by atoms with Crippen LogP contribution in [0.1, 0.15) is 41.0 Å². The Kier molecular flexibility index (Phi) is 3.71. The van der Waals surface area contributed by atoms with Crippen molar-refractivity contribution in [3.63, 3.8) is 0 Å². The van der Waals surface area contributed by atoms with E-state index >= 15 is 0 Å². The Balaban J connectivity index is 4.97. The van der Waals surface area contributed by atoms with Crippen molar-refractivity contribution in [1.82, 2.24) is 4.72 Å². The second kappa shape index (κ2) is 3.87. The maximum atomic E-state index is 11.7. The van der Waals surface area contributed by atoms with Gasteiger partial charge in [0.25, 0.3) is 0 Å². The van der Waals surface area contributed by atoms with Crippen LogP contribution in [0.2, 0.25) is 0 Å². The molecule has 0 saturated carbocycles. The molecule has 0 heterocycles. The number of nitrogens with zero attached hydrogens (tertiary/aromatic N) is 1. The van der Waals surface area contributed by atoms with E-state index in [4.69, 9.17) is 5.26 Å². The molecule has 1 N–H and O–H groups in total. The molecule has 0 bridgehead atoms. The van der Waals surface area contributed by atoms with Gasteiger partial charge in [-0.05, 0) is 34.1 Å². The molecule has 0 aliphatic rings. The van der Waals surface area contributed by atoms with E-state index in [0.717, 1.165) is 0 Å². The molecule has 0 aliphatic carbocycles. The smallest absolute Gasteiger partial charge is 0.212 e. The lowest BCUT2D eigenvalue weighted by Crippen LogP contribution is -2.50. The average molecular weight is 218 g/mol. The first kappa shape index (κ1) is 13.4. The van der Waals surface area contributed by atoms with Crippen molar-refractivity contribution >= 4 is 10.0 Å². The van der Waals surface area contributed by atoms with Gasteiger partial charge in [0.2, 0.25) is 10.0 Å². The molecule has 0 fully saturated rings. The van der Waals surface area contributed by atoms with Gasteiger partial charge in [0, 0.05) is 0 Å². The quantitative estimate of drug-likeness (QED) is 0.778. The van der Waals surface area contributed by atoms with Crippen molar-refractivity contribution in [1.29, 1.82) is 5.26 Å². The van der Waals surface area contributed by atoms with E-state index in [-0.39, 0.29) is 0 Å². The average Bonchev–Trinajstić information content (AvgIpc) is 2.01. The summed E-state index contributed by atoms with van der Waals surface area (Å²) in [5, 5.41) is 8.84. The fourth-order valence-corrected chi connectivity index (χ4v) is 1.71. The Morgan fingerprint density at radius 2 is 1.71 bits per heavy atom. The molecule has 0 amide bonds. The van der Waals surface area contributed by atoms with Crippen molar-refractivity contribution in [2.45, 2.75) is 51.3 Å². The van der Waals surface area contributed by atoms with E-state index < -0.39 is 20.3 Å². The fourth-order valence-electron chi connectivity index (χ4n) is 0.624. The normalized spacial score (nSPS) is 17.1. The highest BCUT2D eigenvalue weighted by atomic mass is 32.2. The third-order valence-corrected chi connectivity index (χ3v) is 4.45. The van der Waals surface area contributed by atoms with Crippen LogP contribution in [0.15, 0.2) is 0 Å². The number of hydrogen-bond acceptors (Lipinski definition) is 3. The first-order valence-corrected chi connectivity index (χ1v) is 6.01. The number of nitriles is 1. The zero-order valence-corrected chi connectivity index (χ0v) is 10.2. The molecule has 0 radical (unpaired) electrons. The SMILES string of the molecule is CCC(C)(C#N)NS(=O)(=O)C(C)(C)C. The monoisotopic (exact) mass is 218 g/mol. The third-order valence-electron chi connectivity index (χ3n) is 2.12. The predicted octanol–water partition coefficient (Wildman–Crippen LogP) is 1.40. The summed E-state index contributed by atoms with van der Waals surface area (Å²) in [5.74, 6) is 0. The van der Waals surface area contributed by atoms with Crippen molar-refractivity contribution in [3.8, 4) is 6.07 Å². The van der Waals surface area contributed by atoms with E-state index in [0.29, 0.717) is 6.42 Å². The largest absolute Gasteiger partial charge is 0.217 e. The number of nitrogens with one attached hydrogen (secondary N) is 1. The Morgan fingerprint density at radius 3 is 1.93 bits per heavy atom. The van der Waals surface area contributed by atoms with Crippen LogP contribution in [0.25, 0.3) is 0 Å². The van der Waals surface area contributed by atoms with Gasteiger partial charge in [-0.15, -0.1) is 0 Å². The van der Waals surface area contributed by atoms with E-state index in [2.05, 4.69) is 4.72 Å². The minimum atomic E-state index is -3.45. The van der Waals surface area contributed by atoms with E-state index in [1.165, 1.54) is 0 Å². The Hall–Kier alpha value is -0.600. The molecule has 1 atom stereocenters. The van der Waals surface area contributed by atoms with Gasteiger partial charge >= 0.3 is 0 Å². The van der Waals surface area contributed by atoms with E-state index in [9.17, 15) is 8.42 Å². The van der Waals surface area contributed by atoms with Gasteiger partial charge in [-0.1, -0.05) is 6.92 Å². The number of sulfonamides is 1. The zero-order valence-electron chi connectivity index (χ0n) is 9.38. The molecule has 0 aromatic carbocycles. The summed E-state index contributed by atoms with van der Waals surface area (Å²) in [5.41, 5.74) is -1.01. The maximum Gasteiger partial charge on any atom is 0.217 e. The Bertz CT molecular complexity index is 335. The number of rotatable bonds is 3. The number of hydrogen-bond donors (Lipinski definition) is 1. The van der Waals surface area contributed by atoms with Crippen LogP contribution in [0, 0.1) is 11.3 Å². The van der Waals surface area contributed by atoms with Crippen LogP contribution in [0.4, 0.5) is 0 Å². The van der Waals surface area contributed by atoms with Gasteiger partial charge in [0.1, 0.15) is 5.54 Å². The van der Waals surface area contributed by atoms with Crippen molar-refractivity contribution < 1.29 is 8.42 Å². The molecule has 5 heteroatoms. The molecule has 0 rings (SSSR count). The first-order chi connectivity index (χ1) is 6.08. The van der Waals surface area contributed by atoms with Gasteiger partial charge < -0.3 is 0 Å². The van der Waals surface area contributed by atoms with Crippen LogP contribution < -0.4 is 4.72 Å². The highest BCUT2D eigenvalue weighted by molar-refractivity contribution is 7.90. The second-order valence-electron chi connectivity index (χ2n) is 4.52. The fraction of sp³-hybridized carbons (Fsp3) is 0.889. The minimum Gasteiger partial charge on any atom is -0.212 e. The molecule has 1 unspecified atom stereocenters. The lowest BCUT2D eigenvalue weighted by atomic mass is 10.0. The van der Waals surface area contributed by atoms with Crippen LogP contribution >= 0.6 is 0 Å². The first-order valence-electron chi connectivity index (χ1n) is 4.53. The summed E-state index contributed by atoms with van der Waals surface area (Å²) in [4.78, 5) is 0. The van der Waals surface area contributed by atoms with Crippen LogP contribution in [0.5, 0.6) is 0 Å². The Labute approximate surface area is 86.4 Å². The lowest BCUT2D eigenvalue weighted by molar-refractivity contribution is 0.477. The van der Waals surface area contributed by atoms with Gasteiger partial charge in [-0.25, -0.2) is 8.42 Å². The summed E-state index contributed by atoms with van der Waals surface area (Å²) in [6.45, 7) is 8.15. The zero-order chi connectivity index (χ0) is 11.6. The highest BCUT2D eigenvalue weighted by Gasteiger charge is 2.35. The predicted molar refractivity (Wildman–Crippen MR) is 56.1 cm³/mol. The van der Waals surface area contributed by atoms with Gasteiger partial charge in [-0.2, -0.15) is 9.98 Å². The summed E-state index contributed by atoms with van der Waals surface area (Å²) in [6, 6.07) is 1.97.